The summed E-state index contributed by atoms with van der Waals surface area (Å²) in [5, 5.41) is 12.4. The van der Waals surface area contributed by atoms with E-state index in [9.17, 15) is 4.79 Å². The maximum absolute atomic E-state index is 12.4. The van der Waals surface area contributed by atoms with Gasteiger partial charge < -0.3 is 9.88 Å². The Morgan fingerprint density at radius 1 is 1.24 bits per heavy atom. The highest BCUT2D eigenvalue weighted by Crippen LogP contribution is 2.27. The van der Waals surface area contributed by atoms with E-state index in [2.05, 4.69) is 20.5 Å². The molecule has 6 nitrogen and oxygen atoms in total. The summed E-state index contributed by atoms with van der Waals surface area (Å²) < 4.78 is 1.90. The van der Waals surface area contributed by atoms with E-state index < -0.39 is 0 Å². The third kappa shape index (κ3) is 3.91. The molecule has 1 amide bonds. The number of thiazole rings is 1. The number of carbonyl (C=O) groups excluding carboxylic acids is 1. The van der Waals surface area contributed by atoms with Crippen molar-refractivity contribution in [3.8, 4) is 11.4 Å². The minimum Gasteiger partial charge on any atom is -0.305 e. The summed E-state index contributed by atoms with van der Waals surface area (Å²) in [6, 6.07) is 9.86. The largest absolute Gasteiger partial charge is 0.305 e. The smallest absolute Gasteiger partial charge is 0.239 e. The molecule has 0 saturated heterocycles. The van der Waals surface area contributed by atoms with Gasteiger partial charge in [-0.15, -0.1) is 21.5 Å². The molecule has 0 aliphatic heterocycles. The number of aryl methyl sites for hydroxylation is 2. The minimum absolute atomic E-state index is 0.0944. The van der Waals surface area contributed by atoms with Gasteiger partial charge in [-0.25, -0.2) is 4.98 Å². The summed E-state index contributed by atoms with van der Waals surface area (Å²) in [6.07, 6.45) is 0. The summed E-state index contributed by atoms with van der Waals surface area (Å²) in [5.41, 5.74) is 1.94. The number of carbonyl (C=O) groups is 1. The van der Waals surface area contributed by atoms with Gasteiger partial charge in [-0.1, -0.05) is 42.1 Å². The van der Waals surface area contributed by atoms with Gasteiger partial charge in [0.25, 0.3) is 0 Å². The molecule has 0 aliphatic rings. The lowest BCUT2D eigenvalue weighted by molar-refractivity contribution is -0.115. The predicted molar refractivity (Wildman–Crippen MR) is 102 cm³/mol. The molecule has 1 atom stereocenters. The lowest BCUT2D eigenvalue weighted by Gasteiger charge is -2.10. The highest BCUT2D eigenvalue weighted by molar-refractivity contribution is 8.00. The lowest BCUT2D eigenvalue weighted by atomic mass is 10.2. The molecule has 0 unspecified atom stereocenters. The summed E-state index contributed by atoms with van der Waals surface area (Å²) in [5.74, 6) is 0.685. The summed E-state index contributed by atoms with van der Waals surface area (Å²) in [6.45, 7) is 5.78. The van der Waals surface area contributed by atoms with Crippen LogP contribution in [0.4, 0.5) is 5.13 Å². The quantitative estimate of drug-likeness (QED) is 0.691. The first-order valence-corrected chi connectivity index (χ1v) is 9.51. The van der Waals surface area contributed by atoms with Crippen molar-refractivity contribution in [1.82, 2.24) is 19.7 Å². The Labute approximate surface area is 154 Å². The molecular formula is C17H19N5OS2. The van der Waals surface area contributed by atoms with E-state index in [0.29, 0.717) is 10.3 Å². The molecule has 0 spiro atoms. The number of benzene rings is 1. The van der Waals surface area contributed by atoms with Crippen molar-refractivity contribution in [3.63, 3.8) is 0 Å². The van der Waals surface area contributed by atoms with Crippen molar-refractivity contribution in [2.75, 3.05) is 5.32 Å². The first kappa shape index (κ1) is 17.6. The molecule has 0 radical (unpaired) electrons. The normalized spacial score (nSPS) is 12.2. The van der Waals surface area contributed by atoms with Crippen LogP contribution in [0.25, 0.3) is 11.4 Å². The van der Waals surface area contributed by atoms with Crippen LogP contribution in [0.2, 0.25) is 0 Å². The average Bonchev–Trinajstić information content (AvgIpc) is 3.11. The standard InChI is InChI=1S/C17H19N5OS2/c1-10-11(2)24-16(18-10)19-15(23)12(3)25-17-21-20-14(22(17)4)13-8-6-5-7-9-13/h5-9,12H,1-4H3,(H,18,19,23)/t12-/m0/s1. The van der Waals surface area contributed by atoms with Crippen molar-refractivity contribution in [2.24, 2.45) is 7.05 Å². The van der Waals surface area contributed by atoms with Crippen LogP contribution in [0.15, 0.2) is 35.5 Å². The molecule has 2 aromatic heterocycles. The van der Waals surface area contributed by atoms with E-state index >= 15 is 0 Å². The van der Waals surface area contributed by atoms with Crippen molar-refractivity contribution < 1.29 is 4.79 Å². The Balaban J connectivity index is 1.69. The number of hydrogen-bond acceptors (Lipinski definition) is 6. The average molecular weight is 374 g/mol. The molecule has 1 aromatic carbocycles. The second kappa shape index (κ2) is 7.37. The van der Waals surface area contributed by atoms with Crippen LogP contribution in [-0.2, 0) is 11.8 Å². The van der Waals surface area contributed by atoms with Gasteiger partial charge in [-0.2, -0.15) is 0 Å². The van der Waals surface area contributed by atoms with Crippen LogP contribution in [0, 0.1) is 13.8 Å². The van der Waals surface area contributed by atoms with Gasteiger partial charge >= 0.3 is 0 Å². The second-order valence-electron chi connectivity index (χ2n) is 5.64. The lowest BCUT2D eigenvalue weighted by Crippen LogP contribution is -2.22. The van der Waals surface area contributed by atoms with E-state index in [1.807, 2.05) is 62.7 Å². The molecule has 3 aromatic rings. The van der Waals surface area contributed by atoms with Crippen LogP contribution in [0.5, 0.6) is 0 Å². The Morgan fingerprint density at radius 2 is 1.96 bits per heavy atom. The number of aromatic nitrogens is 4. The molecule has 25 heavy (non-hydrogen) atoms. The van der Waals surface area contributed by atoms with Crippen LogP contribution in [-0.4, -0.2) is 30.9 Å². The van der Waals surface area contributed by atoms with Gasteiger partial charge in [0.15, 0.2) is 16.1 Å². The molecule has 2 heterocycles. The zero-order valence-corrected chi connectivity index (χ0v) is 16.1. The van der Waals surface area contributed by atoms with E-state index in [0.717, 1.165) is 22.0 Å². The Kier molecular flexibility index (Phi) is 5.19. The third-order valence-electron chi connectivity index (χ3n) is 3.78. The monoisotopic (exact) mass is 373 g/mol. The number of nitrogens with one attached hydrogen (secondary N) is 1. The summed E-state index contributed by atoms with van der Waals surface area (Å²) in [4.78, 5) is 17.9. The van der Waals surface area contributed by atoms with Gasteiger partial charge in [0, 0.05) is 17.5 Å². The Bertz CT molecular complexity index is 868. The van der Waals surface area contributed by atoms with Crippen LogP contribution >= 0.6 is 23.1 Å². The topological polar surface area (TPSA) is 72.7 Å². The van der Waals surface area contributed by atoms with Gasteiger partial charge in [-0.05, 0) is 20.8 Å². The maximum atomic E-state index is 12.4. The summed E-state index contributed by atoms with van der Waals surface area (Å²) in [7, 11) is 1.91. The zero-order chi connectivity index (χ0) is 18.0. The molecular weight excluding hydrogens is 354 g/mol. The molecule has 0 bridgehead atoms. The molecule has 0 saturated carbocycles. The molecule has 0 fully saturated rings. The van der Waals surface area contributed by atoms with Gasteiger partial charge in [0.05, 0.1) is 10.9 Å². The fraction of sp³-hybridized carbons (Fsp3) is 0.294. The molecule has 130 valence electrons. The van der Waals surface area contributed by atoms with E-state index in [1.165, 1.54) is 23.1 Å². The number of rotatable bonds is 5. The number of anilines is 1. The fourth-order valence-corrected chi connectivity index (χ4v) is 3.83. The van der Waals surface area contributed by atoms with Crippen molar-refractivity contribution >= 4 is 34.1 Å². The van der Waals surface area contributed by atoms with Gasteiger partial charge in [0.1, 0.15) is 0 Å². The summed E-state index contributed by atoms with van der Waals surface area (Å²) >= 11 is 2.86. The van der Waals surface area contributed by atoms with Gasteiger partial charge in [-0.3, -0.25) is 4.79 Å². The van der Waals surface area contributed by atoms with Crippen LogP contribution in [0.1, 0.15) is 17.5 Å². The fourth-order valence-electron chi connectivity index (χ4n) is 2.20. The number of thioether (sulfide) groups is 1. The molecule has 0 aliphatic carbocycles. The molecule has 3 rings (SSSR count). The number of amides is 1. The number of hydrogen-bond donors (Lipinski definition) is 1. The van der Waals surface area contributed by atoms with E-state index in [1.54, 1.807) is 0 Å². The van der Waals surface area contributed by atoms with Crippen LogP contribution < -0.4 is 5.32 Å². The van der Waals surface area contributed by atoms with Crippen molar-refractivity contribution in [3.05, 3.63) is 40.9 Å². The van der Waals surface area contributed by atoms with Crippen LogP contribution in [0.3, 0.4) is 0 Å². The zero-order valence-electron chi connectivity index (χ0n) is 14.5. The first-order chi connectivity index (χ1) is 12.0. The SMILES string of the molecule is Cc1nc(NC(=O)[C@H](C)Sc2nnc(-c3ccccc3)n2C)sc1C. The molecule has 1 N–H and O–H groups in total. The predicted octanol–water partition coefficient (Wildman–Crippen LogP) is 3.67. The third-order valence-corrected chi connectivity index (χ3v) is 5.90. The van der Waals surface area contributed by atoms with E-state index in [4.69, 9.17) is 0 Å². The highest BCUT2D eigenvalue weighted by Gasteiger charge is 2.20. The highest BCUT2D eigenvalue weighted by atomic mass is 32.2. The minimum atomic E-state index is -0.309. The Hall–Kier alpha value is -2.19. The van der Waals surface area contributed by atoms with Crippen molar-refractivity contribution in [1.29, 1.82) is 0 Å². The van der Waals surface area contributed by atoms with Crippen molar-refractivity contribution in [2.45, 2.75) is 31.2 Å². The Morgan fingerprint density at radius 3 is 2.60 bits per heavy atom. The van der Waals surface area contributed by atoms with E-state index in [-0.39, 0.29) is 11.2 Å². The first-order valence-electron chi connectivity index (χ1n) is 7.82. The molecule has 8 heteroatoms. The maximum Gasteiger partial charge on any atom is 0.239 e. The second-order valence-corrected chi connectivity index (χ2v) is 8.15. The van der Waals surface area contributed by atoms with Gasteiger partial charge in [0.2, 0.25) is 5.91 Å². The number of nitrogens with zero attached hydrogens (tertiary/aromatic N) is 4.